The molecule has 176 valence electrons. The molecule has 7 nitrogen and oxygen atoms in total. The van der Waals surface area contributed by atoms with Crippen molar-refractivity contribution in [2.24, 2.45) is 11.8 Å². The van der Waals surface area contributed by atoms with Crippen LogP contribution in [0.15, 0.2) is 30.3 Å². The molecule has 0 aromatic heterocycles. The SMILES string of the molecule is CC[C@H](NC)C(=O)N[C@H](C(=O)N1CCC2CCN(CCc3ccccc3)C(=O)[C@@H]21)C(C)C. The van der Waals surface area contributed by atoms with Gasteiger partial charge < -0.3 is 20.4 Å². The summed E-state index contributed by atoms with van der Waals surface area (Å²) in [6, 6.07) is 8.80. The van der Waals surface area contributed by atoms with Crippen LogP contribution in [0.3, 0.4) is 0 Å². The van der Waals surface area contributed by atoms with Crippen LogP contribution >= 0.6 is 0 Å². The minimum Gasteiger partial charge on any atom is -0.343 e. The fourth-order valence-corrected chi connectivity index (χ4v) is 4.96. The van der Waals surface area contributed by atoms with E-state index >= 15 is 0 Å². The molecule has 1 aromatic rings. The van der Waals surface area contributed by atoms with E-state index in [2.05, 4.69) is 22.8 Å². The van der Waals surface area contributed by atoms with Crippen molar-refractivity contribution >= 4 is 17.7 Å². The highest BCUT2D eigenvalue weighted by molar-refractivity contribution is 5.94. The summed E-state index contributed by atoms with van der Waals surface area (Å²) >= 11 is 0. The molecule has 2 aliphatic rings. The van der Waals surface area contributed by atoms with Crippen molar-refractivity contribution in [2.45, 2.75) is 64.6 Å². The first kappa shape index (κ1) is 24.2. The molecular weight excluding hydrogens is 404 g/mol. The number of likely N-dealkylation sites (N-methyl/N-ethyl adjacent to an activating group) is 1. The van der Waals surface area contributed by atoms with Crippen LogP contribution in [0, 0.1) is 11.8 Å². The van der Waals surface area contributed by atoms with Gasteiger partial charge in [-0.1, -0.05) is 51.1 Å². The first-order valence-electron chi connectivity index (χ1n) is 12.0. The van der Waals surface area contributed by atoms with Crippen molar-refractivity contribution in [3.05, 3.63) is 35.9 Å². The summed E-state index contributed by atoms with van der Waals surface area (Å²) in [6.07, 6.45) is 3.22. The standard InChI is InChI=1S/C25H38N4O3/c1-5-20(26-4)23(30)27-21(17(2)3)24(31)29-16-13-19-12-15-28(25(32)22(19)29)14-11-18-9-7-6-8-10-18/h6-10,17,19-22,26H,5,11-16H2,1-4H3,(H,27,30)/t19?,20-,21-,22+/m0/s1. The number of fused-ring (bicyclic) bond motifs is 1. The van der Waals surface area contributed by atoms with Gasteiger partial charge in [0.15, 0.2) is 0 Å². The second-order valence-corrected chi connectivity index (χ2v) is 9.35. The summed E-state index contributed by atoms with van der Waals surface area (Å²) in [6.45, 7) is 7.80. The molecule has 4 atom stereocenters. The van der Waals surface area contributed by atoms with E-state index in [0.717, 1.165) is 25.8 Å². The fourth-order valence-electron chi connectivity index (χ4n) is 4.96. The number of likely N-dealkylation sites (tertiary alicyclic amines) is 2. The molecule has 2 heterocycles. The van der Waals surface area contributed by atoms with Gasteiger partial charge >= 0.3 is 0 Å². The van der Waals surface area contributed by atoms with Gasteiger partial charge in [-0.05, 0) is 50.1 Å². The number of amides is 3. The monoisotopic (exact) mass is 442 g/mol. The number of hydrogen-bond acceptors (Lipinski definition) is 4. The van der Waals surface area contributed by atoms with Gasteiger partial charge in [0.25, 0.3) is 0 Å². The largest absolute Gasteiger partial charge is 0.343 e. The van der Waals surface area contributed by atoms with E-state index in [1.807, 2.05) is 43.9 Å². The van der Waals surface area contributed by atoms with Crippen molar-refractivity contribution in [1.29, 1.82) is 0 Å². The van der Waals surface area contributed by atoms with Crippen molar-refractivity contribution in [2.75, 3.05) is 26.7 Å². The molecule has 2 aliphatic heterocycles. The number of hydrogen-bond donors (Lipinski definition) is 2. The molecule has 2 saturated heterocycles. The molecule has 0 aliphatic carbocycles. The quantitative estimate of drug-likeness (QED) is 0.611. The Labute approximate surface area is 191 Å². The zero-order chi connectivity index (χ0) is 23.3. The highest BCUT2D eigenvalue weighted by Crippen LogP contribution is 2.33. The number of carbonyl (C=O) groups excluding carboxylic acids is 3. The lowest BCUT2D eigenvalue weighted by molar-refractivity contribution is -0.149. The third-order valence-electron chi connectivity index (χ3n) is 6.96. The Morgan fingerprint density at radius 3 is 2.44 bits per heavy atom. The summed E-state index contributed by atoms with van der Waals surface area (Å²) < 4.78 is 0. The fraction of sp³-hybridized carbons (Fsp3) is 0.640. The Morgan fingerprint density at radius 2 is 1.81 bits per heavy atom. The van der Waals surface area contributed by atoms with E-state index in [1.54, 1.807) is 11.9 Å². The van der Waals surface area contributed by atoms with Crippen LogP contribution < -0.4 is 10.6 Å². The molecule has 32 heavy (non-hydrogen) atoms. The van der Waals surface area contributed by atoms with E-state index in [-0.39, 0.29) is 35.6 Å². The third kappa shape index (κ3) is 5.31. The second-order valence-electron chi connectivity index (χ2n) is 9.35. The lowest BCUT2D eigenvalue weighted by Crippen LogP contribution is -2.60. The minimum absolute atomic E-state index is 0.0542. The maximum atomic E-state index is 13.5. The average molecular weight is 443 g/mol. The minimum atomic E-state index is -0.629. The molecule has 0 bridgehead atoms. The number of nitrogens with one attached hydrogen (secondary N) is 2. The van der Waals surface area contributed by atoms with Gasteiger partial charge in [-0.3, -0.25) is 14.4 Å². The summed E-state index contributed by atoms with van der Waals surface area (Å²) in [5.41, 5.74) is 1.21. The molecule has 2 fully saturated rings. The molecular formula is C25H38N4O3. The summed E-state index contributed by atoms with van der Waals surface area (Å²) in [5, 5.41) is 5.94. The zero-order valence-electron chi connectivity index (χ0n) is 19.8. The summed E-state index contributed by atoms with van der Waals surface area (Å²) in [4.78, 5) is 43.2. The normalized spacial score (nSPS) is 22.6. The van der Waals surface area contributed by atoms with Gasteiger partial charge in [-0.15, -0.1) is 0 Å². The lowest BCUT2D eigenvalue weighted by Gasteiger charge is -2.39. The molecule has 7 heteroatoms. The van der Waals surface area contributed by atoms with E-state index < -0.39 is 12.1 Å². The highest BCUT2D eigenvalue weighted by Gasteiger charge is 2.47. The Bertz CT molecular complexity index is 794. The molecule has 3 rings (SSSR count). The Balaban J connectivity index is 1.69. The van der Waals surface area contributed by atoms with Crippen LogP contribution in [-0.2, 0) is 20.8 Å². The van der Waals surface area contributed by atoms with Gasteiger partial charge in [0, 0.05) is 19.6 Å². The Morgan fingerprint density at radius 1 is 1.12 bits per heavy atom. The van der Waals surface area contributed by atoms with Gasteiger partial charge in [0.2, 0.25) is 17.7 Å². The van der Waals surface area contributed by atoms with Gasteiger partial charge in [-0.25, -0.2) is 0 Å². The maximum absolute atomic E-state index is 13.5. The number of benzene rings is 1. The van der Waals surface area contributed by atoms with Crippen LogP contribution in [-0.4, -0.2) is 72.3 Å². The predicted octanol–water partition coefficient (Wildman–Crippen LogP) is 1.82. The van der Waals surface area contributed by atoms with Crippen LogP contribution in [0.25, 0.3) is 0 Å². The number of rotatable bonds is 9. The third-order valence-corrected chi connectivity index (χ3v) is 6.96. The van der Waals surface area contributed by atoms with Crippen molar-refractivity contribution in [1.82, 2.24) is 20.4 Å². The van der Waals surface area contributed by atoms with E-state index in [1.165, 1.54) is 5.56 Å². The molecule has 2 N–H and O–H groups in total. The van der Waals surface area contributed by atoms with Crippen LogP contribution in [0.1, 0.15) is 45.6 Å². The van der Waals surface area contributed by atoms with E-state index in [0.29, 0.717) is 19.5 Å². The van der Waals surface area contributed by atoms with Crippen molar-refractivity contribution in [3.63, 3.8) is 0 Å². The molecule has 0 spiro atoms. The Hall–Kier alpha value is -2.41. The molecule has 0 saturated carbocycles. The highest BCUT2D eigenvalue weighted by atomic mass is 16.2. The van der Waals surface area contributed by atoms with E-state index in [4.69, 9.17) is 0 Å². The van der Waals surface area contributed by atoms with Crippen LogP contribution in [0.5, 0.6) is 0 Å². The zero-order valence-corrected chi connectivity index (χ0v) is 19.8. The summed E-state index contributed by atoms with van der Waals surface area (Å²) in [5.74, 6) is -0.0998. The number of carbonyl (C=O) groups is 3. The average Bonchev–Trinajstić information content (AvgIpc) is 3.23. The summed E-state index contributed by atoms with van der Waals surface area (Å²) in [7, 11) is 1.75. The lowest BCUT2D eigenvalue weighted by atomic mass is 9.90. The van der Waals surface area contributed by atoms with Crippen molar-refractivity contribution < 1.29 is 14.4 Å². The molecule has 1 unspecified atom stereocenters. The molecule has 0 radical (unpaired) electrons. The van der Waals surface area contributed by atoms with Gasteiger partial charge in [0.05, 0.1) is 6.04 Å². The predicted molar refractivity (Wildman–Crippen MR) is 125 cm³/mol. The first-order valence-corrected chi connectivity index (χ1v) is 12.0. The Kier molecular flexibility index (Phi) is 8.29. The first-order chi connectivity index (χ1) is 15.4. The molecule has 3 amide bonds. The molecule has 1 aromatic carbocycles. The topological polar surface area (TPSA) is 81.8 Å². The van der Waals surface area contributed by atoms with Gasteiger partial charge in [-0.2, -0.15) is 0 Å². The second kappa shape index (κ2) is 10.9. The van der Waals surface area contributed by atoms with Crippen LogP contribution in [0.2, 0.25) is 0 Å². The van der Waals surface area contributed by atoms with Crippen molar-refractivity contribution in [3.8, 4) is 0 Å². The number of piperidine rings is 1. The smallest absolute Gasteiger partial charge is 0.246 e. The van der Waals surface area contributed by atoms with Gasteiger partial charge in [0.1, 0.15) is 12.1 Å². The van der Waals surface area contributed by atoms with E-state index in [9.17, 15) is 14.4 Å². The maximum Gasteiger partial charge on any atom is 0.246 e. The van der Waals surface area contributed by atoms with Crippen LogP contribution in [0.4, 0.5) is 0 Å². The number of nitrogens with zero attached hydrogens (tertiary/aromatic N) is 2.